The summed E-state index contributed by atoms with van der Waals surface area (Å²) >= 11 is 0. The van der Waals surface area contributed by atoms with Crippen LogP contribution in [-0.4, -0.2) is 41.4 Å². The van der Waals surface area contributed by atoms with Crippen molar-refractivity contribution in [1.82, 2.24) is 9.97 Å². The van der Waals surface area contributed by atoms with Crippen LogP contribution in [0.2, 0.25) is 0 Å². The molecule has 0 unspecified atom stereocenters. The Morgan fingerprint density at radius 2 is 1.80 bits per heavy atom. The Bertz CT molecular complexity index is 1010. The molecule has 7 nitrogen and oxygen atoms in total. The summed E-state index contributed by atoms with van der Waals surface area (Å²) in [7, 11) is 1.30. The Morgan fingerprint density at radius 1 is 1.00 bits per heavy atom. The van der Waals surface area contributed by atoms with E-state index in [9.17, 15) is 14.4 Å². The smallest absolute Gasteiger partial charge is 0.340 e. The van der Waals surface area contributed by atoms with Crippen LogP contribution in [0.1, 0.15) is 27.6 Å². The summed E-state index contributed by atoms with van der Waals surface area (Å²) in [6, 6.07) is 9.82. The van der Waals surface area contributed by atoms with Crippen LogP contribution in [0.4, 0.5) is 0 Å². The van der Waals surface area contributed by atoms with Crippen molar-refractivity contribution >= 4 is 39.8 Å². The number of ketones is 1. The van der Waals surface area contributed by atoms with E-state index in [0.29, 0.717) is 33.2 Å². The molecule has 1 aromatic heterocycles. The number of Topliss-reactive ketones (excluding diaryl/α,β-unsaturated/α-hetero) is 1. The lowest BCUT2D eigenvalue weighted by molar-refractivity contribution is -0.139. The summed E-state index contributed by atoms with van der Waals surface area (Å²) < 4.78 is 9.48. The lowest BCUT2D eigenvalue weighted by Gasteiger charge is -2.07. The van der Waals surface area contributed by atoms with Crippen LogP contribution in [0.3, 0.4) is 0 Å². The first kappa shape index (κ1) is 16.5. The number of methoxy groups -OCH3 is 1. The molecule has 0 aliphatic carbocycles. The predicted octanol–water partition coefficient (Wildman–Crippen LogP) is 2.32. The van der Waals surface area contributed by atoms with Gasteiger partial charge in [-0.15, -0.1) is 0 Å². The normalized spacial score (nSPS) is 10.6. The largest absolute Gasteiger partial charge is 0.465 e. The van der Waals surface area contributed by atoms with E-state index in [4.69, 9.17) is 9.47 Å². The third kappa shape index (κ3) is 3.30. The molecule has 0 spiro atoms. The van der Waals surface area contributed by atoms with Gasteiger partial charge in [0.15, 0.2) is 12.4 Å². The summed E-state index contributed by atoms with van der Waals surface area (Å²) in [6.45, 7) is 0.915. The maximum atomic E-state index is 12.1. The van der Waals surface area contributed by atoms with Crippen LogP contribution in [0.15, 0.2) is 36.4 Å². The molecule has 3 rings (SSSR count). The number of para-hydroxylation sites is 1. The summed E-state index contributed by atoms with van der Waals surface area (Å²) in [5.74, 6) is -1.34. The van der Waals surface area contributed by atoms with Gasteiger partial charge in [-0.2, -0.15) is 0 Å². The third-order valence-electron chi connectivity index (χ3n) is 3.60. The fourth-order valence-electron chi connectivity index (χ4n) is 2.40. The molecule has 0 saturated heterocycles. The van der Waals surface area contributed by atoms with Gasteiger partial charge in [0.05, 0.1) is 29.2 Å². The van der Waals surface area contributed by atoms with Gasteiger partial charge in [0, 0.05) is 12.5 Å². The molecule has 0 fully saturated rings. The number of ether oxygens (including phenoxy) is 2. The number of benzene rings is 2. The average Bonchev–Trinajstić information content (AvgIpc) is 2.62. The van der Waals surface area contributed by atoms with Gasteiger partial charge >= 0.3 is 11.9 Å². The highest BCUT2D eigenvalue weighted by molar-refractivity contribution is 6.04. The van der Waals surface area contributed by atoms with E-state index in [-0.39, 0.29) is 12.4 Å². The van der Waals surface area contributed by atoms with E-state index < -0.39 is 11.9 Å². The zero-order chi connectivity index (χ0) is 18.0. The van der Waals surface area contributed by atoms with E-state index in [1.54, 1.807) is 36.4 Å². The van der Waals surface area contributed by atoms with Gasteiger partial charge in [0.25, 0.3) is 0 Å². The Hall–Kier alpha value is -3.35. The first-order valence-electron chi connectivity index (χ1n) is 7.45. The van der Waals surface area contributed by atoms with Crippen molar-refractivity contribution in [3.8, 4) is 0 Å². The van der Waals surface area contributed by atoms with Crippen molar-refractivity contribution in [2.24, 2.45) is 0 Å². The molecule has 0 amide bonds. The van der Waals surface area contributed by atoms with E-state index in [1.165, 1.54) is 14.0 Å². The molecule has 0 aliphatic rings. The second-order valence-electron chi connectivity index (χ2n) is 5.30. The highest BCUT2D eigenvalue weighted by Crippen LogP contribution is 2.21. The summed E-state index contributed by atoms with van der Waals surface area (Å²) in [5, 5.41) is 0. The zero-order valence-corrected chi connectivity index (χ0v) is 13.6. The van der Waals surface area contributed by atoms with Crippen molar-refractivity contribution < 1.29 is 23.9 Å². The third-order valence-corrected chi connectivity index (χ3v) is 3.60. The van der Waals surface area contributed by atoms with Gasteiger partial charge < -0.3 is 9.47 Å². The zero-order valence-electron chi connectivity index (χ0n) is 13.6. The molecular formula is C18H14N2O5. The predicted molar refractivity (Wildman–Crippen MR) is 89.3 cm³/mol. The number of hydrogen-bond acceptors (Lipinski definition) is 7. The molecule has 0 N–H and O–H groups in total. The molecule has 7 heteroatoms. The van der Waals surface area contributed by atoms with Gasteiger partial charge in [0.1, 0.15) is 5.52 Å². The molecule has 25 heavy (non-hydrogen) atoms. The fourth-order valence-corrected chi connectivity index (χ4v) is 2.40. The molecule has 126 valence electrons. The Morgan fingerprint density at radius 3 is 2.52 bits per heavy atom. The average molecular weight is 338 g/mol. The Labute approximate surface area is 142 Å². The standard InChI is InChI=1S/C18H14N2O5/c1-10(21)25-9-16(22)11-6-7-13-15(8-11)19-14-5-3-4-12(17(14)20-13)18(23)24-2/h3-8H,9H2,1-2H3. The lowest BCUT2D eigenvalue weighted by atomic mass is 10.1. The highest BCUT2D eigenvalue weighted by Gasteiger charge is 2.14. The first-order chi connectivity index (χ1) is 12.0. The molecule has 2 aromatic carbocycles. The summed E-state index contributed by atoms with van der Waals surface area (Å²) in [6.07, 6.45) is 0. The van der Waals surface area contributed by atoms with E-state index in [2.05, 4.69) is 9.97 Å². The summed E-state index contributed by atoms with van der Waals surface area (Å²) in [4.78, 5) is 43.6. The van der Waals surface area contributed by atoms with Crippen LogP contribution in [-0.2, 0) is 14.3 Å². The molecule has 1 heterocycles. The van der Waals surface area contributed by atoms with E-state index in [1.807, 2.05) is 0 Å². The number of carbonyl (C=O) groups excluding carboxylic acids is 3. The number of fused-ring (bicyclic) bond motifs is 2. The van der Waals surface area contributed by atoms with Crippen molar-refractivity contribution in [1.29, 1.82) is 0 Å². The molecule has 0 aliphatic heterocycles. The summed E-state index contributed by atoms with van der Waals surface area (Å²) in [5.41, 5.74) is 2.67. The van der Waals surface area contributed by atoms with Crippen LogP contribution in [0.5, 0.6) is 0 Å². The van der Waals surface area contributed by atoms with Crippen LogP contribution in [0.25, 0.3) is 22.1 Å². The Balaban J connectivity index is 2.06. The van der Waals surface area contributed by atoms with Crippen molar-refractivity contribution in [2.45, 2.75) is 6.92 Å². The van der Waals surface area contributed by atoms with Gasteiger partial charge in [-0.3, -0.25) is 9.59 Å². The minimum absolute atomic E-state index is 0.324. The fraction of sp³-hybridized carbons (Fsp3) is 0.167. The highest BCUT2D eigenvalue weighted by atomic mass is 16.5. The maximum Gasteiger partial charge on any atom is 0.340 e. The second-order valence-corrected chi connectivity index (χ2v) is 5.30. The van der Waals surface area contributed by atoms with Crippen LogP contribution < -0.4 is 0 Å². The van der Waals surface area contributed by atoms with Crippen LogP contribution in [0, 0.1) is 0 Å². The van der Waals surface area contributed by atoms with Gasteiger partial charge in [-0.05, 0) is 30.3 Å². The number of rotatable bonds is 4. The van der Waals surface area contributed by atoms with E-state index in [0.717, 1.165) is 0 Å². The first-order valence-corrected chi connectivity index (χ1v) is 7.45. The molecule has 3 aromatic rings. The number of nitrogens with zero attached hydrogens (tertiary/aromatic N) is 2. The SMILES string of the molecule is COC(=O)c1cccc2nc3cc(C(=O)COC(C)=O)ccc3nc12. The molecule has 0 bridgehead atoms. The minimum Gasteiger partial charge on any atom is -0.465 e. The molecular weight excluding hydrogens is 324 g/mol. The topological polar surface area (TPSA) is 95.5 Å². The number of esters is 2. The van der Waals surface area contributed by atoms with Gasteiger partial charge in [0.2, 0.25) is 0 Å². The Kier molecular flexibility index (Phi) is 4.38. The second kappa shape index (κ2) is 6.64. The van der Waals surface area contributed by atoms with Crippen molar-refractivity contribution in [3.05, 3.63) is 47.5 Å². The quantitative estimate of drug-likeness (QED) is 0.409. The van der Waals surface area contributed by atoms with Gasteiger partial charge in [-0.1, -0.05) is 6.07 Å². The maximum absolute atomic E-state index is 12.1. The molecule has 0 radical (unpaired) electrons. The molecule has 0 atom stereocenters. The molecule has 0 saturated carbocycles. The number of carbonyl (C=O) groups is 3. The number of aromatic nitrogens is 2. The van der Waals surface area contributed by atoms with Crippen molar-refractivity contribution in [2.75, 3.05) is 13.7 Å². The number of hydrogen-bond donors (Lipinski definition) is 0. The van der Waals surface area contributed by atoms with Crippen LogP contribution >= 0.6 is 0 Å². The van der Waals surface area contributed by atoms with Gasteiger partial charge in [-0.25, -0.2) is 14.8 Å². The van der Waals surface area contributed by atoms with E-state index >= 15 is 0 Å². The van der Waals surface area contributed by atoms with Crippen molar-refractivity contribution in [3.63, 3.8) is 0 Å². The monoisotopic (exact) mass is 338 g/mol. The minimum atomic E-state index is -0.518. The lowest BCUT2D eigenvalue weighted by Crippen LogP contribution is -2.12.